The van der Waals surface area contributed by atoms with Crippen LogP contribution in [0, 0.1) is 0 Å². The number of fused-ring (bicyclic) bond motifs is 2. The van der Waals surface area contributed by atoms with Gasteiger partial charge in [-0.25, -0.2) is 0 Å². The molecule has 0 saturated heterocycles. The van der Waals surface area contributed by atoms with Crippen LogP contribution in [-0.4, -0.2) is 35.4 Å². The summed E-state index contributed by atoms with van der Waals surface area (Å²) in [7, 11) is 4.28. The van der Waals surface area contributed by atoms with Crippen molar-refractivity contribution < 1.29 is 0 Å². The zero-order valence-electron chi connectivity index (χ0n) is 15.2. The highest BCUT2D eigenvalue weighted by molar-refractivity contribution is 7.99. The lowest BCUT2D eigenvalue weighted by Crippen LogP contribution is -2.12. The van der Waals surface area contributed by atoms with Gasteiger partial charge in [-0.3, -0.25) is 0 Å². The summed E-state index contributed by atoms with van der Waals surface area (Å²) in [4.78, 5) is 3.63. The Morgan fingerprint density at radius 2 is 2.08 bits per heavy atom. The first-order chi connectivity index (χ1) is 11.5. The second kappa shape index (κ2) is 7.62. The second-order valence-electron chi connectivity index (χ2n) is 7.03. The van der Waals surface area contributed by atoms with Crippen molar-refractivity contribution in [3.8, 4) is 0 Å². The van der Waals surface area contributed by atoms with Crippen molar-refractivity contribution in [2.45, 2.75) is 43.4 Å². The van der Waals surface area contributed by atoms with Crippen molar-refractivity contribution >= 4 is 17.3 Å². The van der Waals surface area contributed by atoms with Crippen LogP contribution in [0.15, 0.2) is 47.5 Å². The van der Waals surface area contributed by atoms with E-state index in [-0.39, 0.29) is 0 Å². The number of thioether (sulfide) groups is 1. The molecule has 3 heteroatoms. The minimum atomic E-state index is 0.610. The predicted octanol–water partition coefficient (Wildman–Crippen LogP) is 4.93. The third kappa shape index (κ3) is 3.96. The van der Waals surface area contributed by atoms with E-state index in [2.05, 4.69) is 80.0 Å². The van der Waals surface area contributed by atoms with E-state index in [1.807, 2.05) is 11.8 Å². The van der Waals surface area contributed by atoms with Gasteiger partial charge in [0.15, 0.2) is 0 Å². The number of hydrogen-bond donors (Lipinski definition) is 0. The van der Waals surface area contributed by atoms with Crippen molar-refractivity contribution in [1.82, 2.24) is 9.47 Å². The first kappa shape index (κ1) is 17.4. The van der Waals surface area contributed by atoms with Crippen LogP contribution in [0.5, 0.6) is 0 Å². The van der Waals surface area contributed by atoms with Crippen LogP contribution in [0.1, 0.15) is 37.1 Å². The Labute approximate surface area is 150 Å². The average Bonchev–Trinajstić information content (AvgIpc) is 2.92. The zero-order valence-corrected chi connectivity index (χ0v) is 16.1. The molecule has 0 atom stereocenters. The van der Waals surface area contributed by atoms with Crippen LogP contribution in [0.3, 0.4) is 0 Å². The van der Waals surface area contributed by atoms with E-state index in [0.717, 1.165) is 25.9 Å². The quantitative estimate of drug-likeness (QED) is 0.713. The third-order valence-corrected chi connectivity index (χ3v) is 5.39. The molecule has 0 amide bonds. The van der Waals surface area contributed by atoms with Gasteiger partial charge < -0.3 is 9.47 Å². The van der Waals surface area contributed by atoms with Gasteiger partial charge in [0.1, 0.15) is 0 Å². The van der Waals surface area contributed by atoms with Crippen LogP contribution in [-0.2, 0) is 13.0 Å². The fourth-order valence-corrected chi connectivity index (χ4v) is 4.16. The molecule has 2 heterocycles. The molecule has 0 spiro atoms. The normalized spacial score (nSPS) is 15.7. The fourth-order valence-electron chi connectivity index (χ4n) is 3.28. The zero-order chi connectivity index (χ0) is 17.1. The molecule has 24 heavy (non-hydrogen) atoms. The summed E-state index contributed by atoms with van der Waals surface area (Å²) >= 11 is 1.95. The van der Waals surface area contributed by atoms with Crippen LogP contribution < -0.4 is 0 Å². The van der Waals surface area contributed by atoms with E-state index in [1.165, 1.54) is 27.3 Å². The Hall–Kier alpha value is -1.45. The maximum absolute atomic E-state index is 2.43. The number of aromatic nitrogens is 1. The van der Waals surface area contributed by atoms with Crippen LogP contribution in [0.2, 0.25) is 0 Å². The van der Waals surface area contributed by atoms with E-state index in [0.29, 0.717) is 5.25 Å². The smallest absolute Gasteiger partial charge is 0.0483 e. The number of rotatable bonds is 5. The van der Waals surface area contributed by atoms with E-state index < -0.39 is 0 Å². The summed E-state index contributed by atoms with van der Waals surface area (Å²) < 4.78 is 2.40. The second-order valence-corrected chi connectivity index (χ2v) is 8.68. The van der Waals surface area contributed by atoms with Gasteiger partial charge in [0.2, 0.25) is 0 Å². The third-order valence-electron chi connectivity index (χ3n) is 4.40. The molecule has 0 bridgehead atoms. The molecular weight excluding hydrogens is 312 g/mol. The average molecular weight is 341 g/mol. The van der Waals surface area contributed by atoms with E-state index in [1.54, 1.807) is 0 Å². The summed E-state index contributed by atoms with van der Waals surface area (Å²) in [5.74, 6) is 0. The lowest BCUT2D eigenvalue weighted by Gasteiger charge is -2.14. The van der Waals surface area contributed by atoms with Gasteiger partial charge in [-0.05, 0) is 62.3 Å². The molecule has 0 unspecified atom stereocenters. The van der Waals surface area contributed by atoms with Crippen molar-refractivity contribution in [1.29, 1.82) is 0 Å². The van der Waals surface area contributed by atoms with Gasteiger partial charge in [0.25, 0.3) is 0 Å². The number of benzene rings is 1. The van der Waals surface area contributed by atoms with Gasteiger partial charge in [-0.1, -0.05) is 26.0 Å². The highest BCUT2D eigenvalue weighted by Gasteiger charge is 2.18. The lowest BCUT2D eigenvalue weighted by molar-refractivity contribution is 0.417. The van der Waals surface area contributed by atoms with Gasteiger partial charge >= 0.3 is 0 Å². The highest BCUT2D eigenvalue weighted by atomic mass is 32.2. The summed E-state index contributed by atoms with van der Waals surface area (Å²) in [5, 5.41) is 0.610. The monoisotopic (exact) mass is 340 g/mol. The molecule has 128 valence electrons. The summed E-state index contributed by atoms with van der Waals surface area (Å²) in [6.07, 6.45) is 6.83. The molecule has 3 rings (SSSR count). The molecule has 1 aromatic heterocycles. The van der Waals surface area contributed by atoms with Crippen molar-refractivity contribution in [3.05, 3.63) is 59.4 Å². The molecule has 1 aliphatic heterocycles. The summed E-state index contributed by atoms with van der Waals surface area (Å²) in [6.45, 7) is 6.67. The van der Waals surface area contributed by atoms with Crippen molar-refractivity contribution in [2.24, 2.45) is 0 Å². The van der Waals surface area contributed by atoms with E-state index in [9.17, 15) is 0 Å². The lowest BCUT2D eigenvalue weighted by atomic mass is 9.96. The highest BCUT2D eigenvalue weighted by Crippen LogP contribution is 2.34. The molecular formula is C21H28N2S. The van der Waals surface area contributed by atoms with E-state index in [4.69, 9.17) is 0 Å². The largest absolute Gasteiger partial charge is 0.347 e. The number of aryl methyl sites for hydroxylation is 2. The van der Waals surface area contributed by atoms with Gasteiger partial charge in [0.05, 0.1) is 0 Å². The Balaban J connectivity index is 2.03. The number of nitrogens with zero attached hydrogens (tertiary/aromatic N) is 2. The standard InChI is InChI=1S/C21H28N2S/c1-16(2)24-18-10-9-17-11-14-23-13-6-8-21(23)19(20(17)15-18)7-5-12-22(3)4/h6-10,13,15-16H,5,11-12,14H2,1-4H3. The summed E-state index contributed by atoms with van der Waals surface area (Å²) in [6, 6.07) is 11.5. The van der Waals surface area contributed by atoms with Gasteiger partial charge in [0, 0.05) is 40.7 Å². The molecule has 0 radical (unpaired) electrons. The maximum Gasteiger partial charge on any atom is 0.0483 e. The SMILES string of the molecule is CC(C)Sc1ccc2c(c1)C(=CCCN(C)C)c1cccn1CC2. The van der Waals surface area contributed by atoms with Crippen LogP contribution in [0.25, 0.3) is 5.57 Å². The van der Waals surface area contributed by atoms with Crippen LogP contribution in [0.4, 0.5) is 0 Å². The minimum absolute atomic E-state index is 0.610. The van der Waals surface area contributed by atoms with Crippen LogP contribution >= 0.6 is 11.8 Å². The molecule has 0 N–H and O–H groups in total. The molecule has 1 aliphatic rings. The first-order valence-electron chi connectivity index (χ1n) is 8.85. The topological polar surface area (TPSA) is 8.17 Å². The van der Waals surface area contributed by atoms with Crippen molar-refractivity contribution in [3.63, 3.8) is 0 Å². The first-order valence-corrected chi connectivity index (χ1v) is 9.73. The molecule has 0 saturated carbocycles. The Kier molecular flexibility index (Phi) is 5.52. The Morgan fingerprint density at radius 1 is 1.25 bits per heavy atom. The molecule has 2 nitrogen and oxygen atoms in total. The van der Waals surface area contributed by atoms with E-state index >= 15 is 0 Å². The molecule has 0 aliphatic carbocycles. The molecule has 0 fully saturated rings. The molecule has 2 aromatic rings. The minimum Gasteiger partial charge on any atom is -0.347 e. The Bertz CT molecular complexity index is 725. The van der Waals surface area contributed by atoms with Gasteiger partial charge in [-0.15, -0.1) is 11.8 Å². The van der Waals surface area contributed by atoms with Crippen molar-refractivity contribution in [2.75, 3.05) is 20.6 Å². The fraction of sp³-hybridized carbons (Fsp3) is 0.429. The predicted molar refractivity (Wildman–Crippen MR) is 106 cm³/mol. The Morgan fingerprint density at radius 3 is 2.83 bits per heavy atom. The number of hydrogen-bond acceptors (Lipinski definition) is 2. The molecule has 1 aromatic carbocycles. The maximum atomic E-state index is 2.43. The van der Waals surface area contributed by atoms with Gasteiger partial charge in [-0.2, -0.15) is 0 Å². The summed E-state index contributed by atoms with van der Waals surface area (Å²) in [5.41, 5.74) is 5.67.